The Labute approximate surface area is 110 Å². The monoisotopic (exact) mass is 257 g/mol. The van der Waals surface area contributed by atoms with Gasteiger partial charge in [-0.2, -0.15) is 5.54 Å². The van der Waals surface area contributed by atoms with Crippen molar-refractivity contribution in [1.82, 2.24) is 5.54 Å². The van der Waals surface area contributed by atoms with Gasteiger partial charge in [0.2, 0.25) is 0 Å². The van der Waals surface area contributed by atoms with Gasteiger partial charge in [-0.25, -0.2) is 4.79 Å². The molecule has 19 heavy (non-hydrogen) atoms. The second kappa shape index (κ2) is 4.72. The minimum Gasteiger partial charge on any atom is -0.447 e. The molecule has 3 rings (SSSR count). The molecule has 2 aromatic carbocycles. The maximum absolute atomic E-state index is 11.9. The molecule has 1 N–H and O–H groups in total. The van der Waals surface area contributed by atoms with Crippen LogP contribution in [0.15, 0.2) is 48.5 Å². The topological polar surface area (TPSA) is 38.3 Å². The van der Waals surface area contributed by atoms with Crippen molar-refractivity contribution in [1.29, 1.82) is 0 Å². The number of hydrogen-bond acceptors (Lipinski definition) is 2. The summed E-state index contributed by atoms with van der Waals surface area (Å²) in [5.74, 6) is -0.0373. The number of carbonyl (C=O) groups is 1. The van der Waals surface area contributed by atoms with Gasteiger partial charge in [0.25, 0.3) is 0 Å². The molecule has 1 aliphatic rings. The van der Waals surface area contributed by atoms with E-state index in [1.165, 1.54) is 0 Å². The van der Waals surface area contributed by atoms with Gasteiger partial charge in [0, 0.05) is 5.92 Å². The molecular weight excluding hydrogens is 245 g/mol. The summed E-state index contributed by atoms with van der Waals surface area (Å²) in [6.07, 6.45) is -1.05. The number of fused-ring (bicyclic) bond motifs is 3. The van der Waals surface area contributed by atoms with Gasteiger partial charge in [0.15, 0.2) is 0 Å². The molecule has 0 unspecified atom stereocenters. The molecular formula is C15H12FNO2. The zero-order valence-corrected chi connectivity index (χ0v) is 10.1. The smallest absolute Gasteiger partial charge is 0.435 e. The van der Waals surface area contributed by atoms with E-state index >= 15 is 0 Å². The molecule has 0 radical (unpaired) electrons. The normalized spacial score (nSPS) is 12.7. The Morgan fingerprint density at radius 2 is 1.58 bits per heavy atom. The number of nitrogens with one attached hydrogen (secondary N) is 1. The lowest BCUT2D eigenvalue weighted by molar-refractivity contribution is 0.121. The highest BCUT2D eigenvalue weighted by atomic mass is 19.2. The maximum Gasteiger partial charge on any atom is 0.435 e. The van der Waals surface area contributed by atoms with Crippen LogP contribution in [0.5, 0.6) is 0 Å². The molecule has 0 aromatic heterocycles. The molecule has 0 spiro atoms. The molecule has 96 valence electrons. The van der Waals surface area contributed by atoms with E-state index in [-0.39, 0.29) is 12.5 Å². The lowest BCUT2D eigenvalue weighted by atomic mass is 9.98. The van der Waals surface area contributed by atoms with Gasteiger partial charge in [-0.05, 0) is 22.3 Å². The lowest BCUT2D eigenvalue weighted by Gasteiger charge is -2.13. The highest BCUT2D eigenvalue weighted by molar-refractivity contribution is 5.79. The largest absolute Gasteiger partial charge is 0.447 e. The summed E-state index contributed by atoms with van der Waals surface area (Å²) in [7, 11) is 0. The van der Waals surface area contributed by atoms with Crippen molar-refractivity contribution < 1.29 is 14.0 Å². The van der Waals surface area contributed by atoms with Crippen LogP contribution in [-0.2, 0) is 4.74 Å². The van der Waals surface area contributed by atoms with Gasteiger partial charge in [-0.3, -0.25) is 0 Å². The fourth-order valence-corrected chi connectivity index (χ4v) is 2.63. The fourth-order valence-electron chi connectivity index (χ4n) is 2.63. The van der Waals surface area contributed by atoms with Crippen LogP contribution in [0.1, 0.15) is 17.0 Å². The summed E-state index contributed by atoms with van der Waals surface area (Å²) in [5.41, 5.74) is 5.48. The molecule has 4 heteroatoms. The third-order valence-corrected chi connectivity index (χ3v) is 3.42. The molecule has 3 nitrogen and oxygen atoms in total. The molecule has 1 aliphatic carbocycles. The molecule has 1 amide bonds. The van der Waals surface area contributed by atoms with E-state index in [1.54, 1.807) is 0 Å². The van der Waals surface area contributed by atoms with Gasteiger partial charge in [-0.1, -0.05) is 53.0 Å². The van der Waals surface area contributed by atoms with E-state index in [2.05, 4.69) is 0 Å². The summed E-state index contributed by atoms with van der Waals surface area (Å²) < 4.78 is 16.8. The van der Waals surface area contributed by atoms with Crippen LogP contribution in [0.25, 0.3) is 11.1 Å². The van der Waals surface area contributed by atoms with Gasteiger partial charge < -0.3 is 4.74 Å². The van der Waals surface area contributed by atoms with E-state index in [0.717, 1.165) is 27.8 Å². The van der Waals surface area contributed by atoms with E-state index < -0.39 is 6.09 Å². The van der Waals surface area contributed by atoms with Gasteiger partial charge in [0.05, 0.1) is 0 Å². The molecule has 0 aliphatic heterocycles. The number of amides is 1. The van der Waals surface area contributed by atoms with Crippen molar-refractivity contribution in [2.75, 3.05) is 6.61 Å². The second-order valence-electron chi connectivity index (χ2n) is 4.42. The van der Waals surface area contributed by atoms with Crippen LogP contribution in [0.4, 0.5) is 9.28 Å². The van der Waals surface area contributed by atoms with E-state index in [0.29, 0.717) is 0 Å². The summed E-state index contributed by atoms with van der Waals surface area (Å²) in [5, 5.41) is 0. The Bertz CT molecular complexity index is 582. The van der Waals surface area contributed by atoms with Crippen molar-refractivity contribution in [3.8, 4) is 11.1 Å². The van der Waals surface area contributed by atoms with Gasteiger partial charge >= 0.3 is 6.09 Å². The molecule has 0 saturated carbocycles. The first-order chi connectivity index (χ1) is 9.31. The third-order valence-electron chi connectivity index (χ3n) is 3.42. The first-order valence-corrected chi connectivity index (χ1v) is 6.03. The Morgan fingerprint density at radius 1 is 1.05 bits per heavy atom. The Hall–Kier alpha value is -2.36. The molecule has 0 fully saturated rings. The van der Waals surface area contributed by atoms with Crippen molar-refractivity contribution in [3.05, 3.63) is 59.7 Å². The number of benzene rings is 2. The van der Waals surface area contributed by atoms with Crippen LogP contribution in [-0.4, -0.2) is 12.7 Å². The highest BCUT2D eigenvalue weighted by Gasteiger charge is 2.28. The SMILES string of the molecule is O=C(NF)OCC1c2ccccc2-c2ccccc21. The Balaban J connectivity index is 1.98. The van der Waals surface area contributed by atoms with E-state index in [4.69, 9.17) is 4.74 Å². The maximum atomic E-state index is 11.9. The summed E-state index contributed by atoms with van der Waals surface area (Å²) in [6.45, 7) is 0.129. The average Bonchev–Trinajstić information content (AvgIpc) is 2.79. The number of rotatable bonds is 2. The van der Waals surface area contributed by atoms with Crippen LogP contribution in [0.2, 0.25) is 0 Å². The van der Waals surface area contributed by atoms with Crippen molar-refractivity contribution in [2.24, 2.45) is 0 Å². The zero-order chi connectivity index (χ0) is 13.2. The minimum atomic E-state index is -1.05. The zero-order valence-electron chi connectivity index (χ0n) is 10.1. The van der Waals surface area contributed by atoms with Crippen LogP contribution >= 0.6 is 0 Å². The predicted molar refractivity (Wildman–Crippen MR) is 69.3 cm³/mol. The first kappa shape index (κ1) is 11.7. The van der Waals surface area contributed by atoms with Gasteiger partial charge in [-0.15, -0.1) is 0 Å². The quantitative estimate of drug-likeness (QED) is 0.837. The molecule has 0 bridgehead atoms. The average molecular weight is 257 g/mol. The Morgan fingerprint density at radius 3 is 2.11 bits per heavy atom. The number of ether oxygens (including phenoxy) is 1. The predicted octanol–water partition coefficient (Wildman–Crippen LogP) is 3.41. The first-order valence-electron chi connectivity index (χ1n) is 6.03. The molecule has 0 saturated heterocycles. The standard InChI is InChI=1S/C15H12FNO2/c16-17-15(18)19-9-14-12-7-3-1-5-10(12)11-6-2-4-8-13(11)14/h1-8,14H,9H2,(H,17,18). The van der Waals surface area contributed by atoms with Crippen LogP contribution < -0.4 is 5.54 Å². The fraction of sp³-hybridized carbons (Fsp3) is 0.133. The second-order valence-corrected chi connectivity index (χ2v) is 4.42. The summed E-state index contributed by atoms with van der Waals surface area (Å²) in [4.78, 5) is 10.9. The van der Waals surface area contributed by atoms with Crippen molar-refractivity contribution in [2.45, 2.75) is 5.92 Å². The number of carbonyl (C=O) groups excluding carboxylic acids is 1. The van der Waals surface area contributed by atoms with Crippen molar-refractivity contribution >= 4 is 6.09 Å². The summed E-state index contributed by atoms with van der Waals surface area (Å²) in [6, 6.07) is 16.0. The van der Waals surface area contributed by atoms with E-state index in [9.17, 15) is 9.28 Å². The molecule has 0 heterocycles. The Kier molecular flexibility index (Phi) is 2.91. The number of halogens is 1. The van der Waals surface area contributed by atoms with Crippen LogP contribution in [0.3, 0.4) is 0 Å². The number of hydrogen-bond donors (Lipinski definition) is 1. The lowest BCUT2D eigenvalue weighted by Crippen LogP contribution is -2.19. The van der Waals surface area contributed by atoms with Crippen molar-refractivity contribution in [3.63, 3.8) is 0 Å². The highest BCUT2D eigenvalue weighted by Crippen LogP contribution is 2.44. The van der Waals surface area contributed by atoms with Crippen LogP contribution in [0, 0.1) is 0 Å². The third kappa shape index (κ3) is 1.95. The van der Waals surface area contributed by atoms with Gasteiger partial charge in [0.1, 0.15) is 6.61 Å². The minimum absolute atomic E-state index is 0.0373. The summed E-state index contributed by atoms with van der Waals surface area (Å²) >= 11 is 0. The van der Waals surface area contributed by atoms with E-state index in [1.807, 2.05) is 48.5 Å². The molecule has 2 aromatic rings. The molecule has 0 atom stereocenters.